The van der Waals surface area contributed by atoms with E-state index in [0.29, 0.717) is 24.7 Å². The molecule has 2 atom stereocenters. The molecule has 5 heteroatoms. The number of carbonyl (C=O) groups excluding carboxylic acids is 1. The topological polar surface area (TPSA) is 69.6 Å². The maximum absolute atomic E-state index is 12.3. The van der Waals surface area contributed by atoms with Gasteiger partial charge in [0.1, 0.15) is 0 Å². The van der Waals surface area contributed by atoms with E-state index in [9.17, 15) is 9.59 Å². The summed E-state index contributed by atoms with van der Waals surface area (Å²) >= 11 is 0. The molecular weight excluding hydrogens is 256 g/mol. The van der Waals surface area contributed by atoms with Gasteiger partial charge in [-0.15, -0.1) is 0 Å². The molecule has 20 heavy (non-hydrogen) atoms. The Kier molecular flexibility index (Phi) is 4.89. The van der Waals surface area contributed by atoms with Crippen molar-refractivity contribution in [1.82, 2.24) is 10.2 Å². The summed E-state index contributed by atoms with van der Waals surface area (Å²) < 4.78 is 0. The number of carboxylic acid groups (broad SMARTS) is 1. The van der Waals surface area contributed by atoms with Gasteiger partial charge in [0, 0.05) is 19.1 Å². The molecule has 2 rings (SSSR count). The number of rotatable bonds is 2. The molecular formula is C15H26N2O3. The van der Waals surface area contributed by atoms with Gasteiger partial charge in [0.25, 0.3) is 0 Å². The van der Waals surface area contributed by atoms with Crippen LogP contribution >= 0.6 is 0 Å². The number of piperidine rings is 1. The van der Waals surface area contributed by atoms with Crippen LogP contribution in [0.15, 0.2) is 0 Å². The van der Waals surface area contributed by atoms with Crippen molar-refractivity contribution in [2.45, 2.75) is 52.0 Å². The van der Waals surface area contributed by atoms with Gasteiger partial charge in [0.2, 0.25) is 0 Å². The predicted octanol–water partition coefficient (Wildman–Crippen LogP) is 2.32. The third-order valence-corrected chi connectivity index (χ3v) is 4.56. The van der Waals surface area contributed by atoms with Crippen LogP contribution in [0.25, 0.3) is 0 Å². The molecule has 0 aromatic rings. The van der Waals surface area contributed by atoms with Gasteiger partial charge in [-0.25, -0.2) is 4.79 Å². The number of hydrogen-bond donors (Lipinski definition) is 2. The molecule has 0 radical (unpaired) electrons. The molecule has 1 aliphatic heterocycles. The number of carboxylic acids is 1. The van der Waals surface area contributed by atoms with Crippen molar-refractivity contribution in [1.29, 1.82) is 0 Å². The first kappa shape index (κ1) is 15.1. The van der Waals surface area contributed by atoms with Crippen molar-refractivity contribution >= 4 is 12.0 Å². The summed E-state index contributed by atoms with van der Waals surface area (Å²) in [5.41, 5.74) is 0. The molecule has 2 amide bonds. The van der Waals surface area contributed by atoms with Gasteiger partial charge in [0.15, 0.2) is 0 Å². The Morgan fingerprint density at radius 2 is 1.60 bits per heavy atom. The maximum Gasteiger partial charge on any atom is 0.317 e. The van der Waals surface area contributed by atoms with Crippen molar-refractivity contribution in [2.75, 3.05) is 13.1 Å². The summed E-state index contributed by atoms with van der Waals surface area (Å²) in [4.78, 5) is 25.1. The molecule has 2 fully saturated rings. The zero-order chi connectivity index (χ0) is 14.7. The number of nitrogens with zero attached hydrogens (tertiary/aromatic N) is 1. The van der Waals surface area contributed by atoms with Crippen molar-refractivity contribution in [2.24, 2.45) is 17.8 Å². The molecule has 1 saturated heterocycles. The summed E-state index contributed by atoms with van der Waals surface area (Å²) in [6, 6.07) is 0.174. The number of urea groups is 1. The van der Waals surface area contributed by atoms with E-state index in [2.05, 4.69) is 19.2 Å². The monoisotopic (exact) mass is 282 g/mol. The molecule has 0 spiro atoms. The zero-order valence-electron chi connectivity index (χ0n) is 12.5. The van der Waals surface area contributed by atoms with Crippen LogP contribution in [0, 0.1) is 17.8 Å². The van der Waals surface area contributed by atoms with Crippen LogP contribution in [-0.2, 0) is 4.79 Å². The van der Waals surface area contributed by atoms with Crippen molar-refractivity contribution in [3.05, 3.63) is 0 Å². The van der Waals surface area contributed by atoms with E-state index in [-0.39, 0.29) is 18.0 Å². The molecule has 2 aliphatic rings. The number of likely N-dealkylation sites (tertiary alicyclic amines) is 1. The largest absolute Gasteiger partial charge is 0.481 e. The Morgan fingerprint density at radius 3 is 2.10 bits per heavy atom. The van der Waals surface area contributed by atoms with Gasteiger partial charge in [-0.2, -0.15) is 0 Å². The van der Waals surface area contributed by atoms with Crippen LogP contribution in [0.3, 0.4) is 0 Å². The van der Waals surface area contributed by atoms with E-state index in [1.54, 1.807) is 0 Å². The summed E-state index contributed by atoms with van der Waals surface area (Å²) in [6.07, 6.45) is 4.09. The Morgan fingerprint density at radius 1 is 1.05 bits per heavy atom. The first-order valence-corrected chi connectivity index (χ1v) is 7.74. The first-order chi connectivity index (χ1) is 9.45. The zero-order valence-corrected chi connectivity index (χ0v) is 12.5. The highest BCUT2D eigenvalue weighted by Gasteiger charge is 2.30. The normalized spacial score (nSPS) is 34.6. The fourth-order valence-electron chi connectivity index (χ4n) is 3.58. The molecule has 1 aliphatic carbocycles. The lowest BCUT2D eigenvalue weighted by molar-refractivity contribution is -0.142. The molecule has 5 nitrogen and oxygen atoms in total. The molecule has 0 bridgehead atoms. The number of nitrogens with one attached hydrogen (secondary N) is 1. The number of amides is 2. The molecule has 2 N–H and O–H groups in total. The van der Waals surface area contributed by atoms with Gasteiger partial charge in [-0.05, 0) is 43.9 Å². The van der Waals surface area contributed by atoms with Crippen LogP contribution in [-0.4, -0.2) is 41.1 Å². The molecule has 0 aromatic carbocycles. The van der Waals surface area contributed by atoms with Crippen LogP contribution in [0.2, 0.25) is 0 Å². The van der Waals surface area contributed by atoms with Gasteiger partial charge in [-0.3, -0.25) is 4.79 Å². The van der Waals surface area contributed by atoms with Gasteiger partial charge < -0.3 is 15.3 Å². The average Bonchev–Trinajstić information content (AvgIpc) is 2.38. The highest BCUT2D eigenvalue weighted by molar-refractivity contribution is 5.75. The van der Waals surface area contributed by atoms with E-state index < -0.39 is 5.97 Å². The second kappa shape index (κ2) is 6.46. The quantitative estimate of drug-likeness (QED) is 0.816. The summed E-state index contributed by atoms with van der Waals surface area (Å²) in [5, 5.41) is 12.1. The van der Waals surface area contributed by atoms with Crippen LogP contribution < -0.4 is 5.32 Å². The van der Waals surface area contributed by atoms with Crippen LogP contribution in [0.4, 0.5) is 4.79 Å². The van der Waals surface area contributed by atoms with Gasteiger partial charge in [-0.1, -0.05) is 13.8 Å². The number of carbonyl (C=O) groups is 2. The molecule has 1 saturated carbocycles. The van der Waals surface area contributed by atoms with E-state index >= 15 is 0 Å². The highest BCUT2D eigenvalue weighted by atomic mass is 16.4. The summed E-state index contributed by atoms with van der Waals surface area (Å²) in [6.45, 7) is 6.04. The number of hydrogen-bond acceptors (Lipinski definition) is 2. The van der Waals surface area contributed by atoms with Crippen molar-refractivity contribution in [3.8, 4) is 0 Å². The van der Waals surface area contributed by atoms with Crippen LogP contribution in [0.5, 0.6) is 0 Å². The number of aliphatic carboxylic acids is 1. The fraction of sp³-hybridized carbons (Fsp3) is 0.867. The van der Waals surface area contributed by atoms with E-state index in [1.165, 1.54) is 6.42 Å². The Bertz CT molecular complexity index is 354. The van der Waals surface area contributed by atoms with E-state index in [4.69, 9.17) is 5.11 Å². The highest BCUT2D eigenvalue weighted by Crippen LogP contribution is 2.25. The van der Waals surface area contributed by atoms with Gasteiger partial charge in [0.05, 0.1) is 5.92 Å². The lowest BCUT2D eigenvalue weighted by atomic mass is 9.86. The second-order valence-corrected chi connectivity index (χ2v) is 6.69. The minimum atomic E-state index is -0.701. The minimum absolute atomic E-state index is 0.0298. The van der Waals surface area contributed by atoms with Gasteiger partial charge >= 0.3 is 12.0 Å². The molecule has 0 aromatic heterocycles. The third-order valence-electron chi connectivity index (χ3n) is 4.56. The van der Waals surface area contributed by atoms with Crippen molar-refractivity contribution < 1.29 is 14.7 Å². The summed E-state index contributed by atoms with van der Waals surface area (Å²) in [7, 11) is 0. The first-order valence-electron chi connectivity index (χ1n) is 7.74. The second-order valence-electron chi connectivity index (χ2n) is 6.69. The molecule has 2 unspecified atom stereocenters. The Hall–Kier alpha value is -1.26. The maximum atomic E-state index is 12.3. The Balaban J connectivity index is 1.79. The smallest absolute Gasteiger partial charge is 0.317 e. The lowest BCUT2D eigenvalue weighted by Crippen LogP contribution is -2.50. The average molecular weight is 282 g/mol. The predicted molar refractivity (Wildman–Crippen MR) is 76.4 cm³/mol. The Labute approximate surface area is 120 Å². The summed E-state index contributed by atoms with van der Waals surface area (Å²) in [5.74, 6) is 0.200. The van der Waals surface area contributed by atoms with Crippen molar-refractivity contribution in [3.63, 3.8) is 0 Å². The van der Waals surface area contributed by atoms with Crippen LogP contribution in [0.1, 0.15) is 46.0 Å². The minimum Gasteiger partial charge on any atom is -0.481 e. The lowest BCUT2D eigenvalue weighted by Gasteiger charge is -2.36. The third kappa shape index (κ3) is 3.87. The van der Waals surface area contributed by atoms with E-state index in [0.717, 1.165) is 25.9 Å². The molecule has 114 valence electrons. The fourth-order valence-corrected chi connectivity index (χ4v) is 3.58. The van der Waals surface area contributed by atoms with E-state index in [1.807, 2.05) is 4.90 Å². The standard InChI is InChI=1S/C15H26N2O3/c1-10-7-11(2)9-17(8-10)15(20)16-13-5-3-12(4-6-13)14(18)19/h10-13H,3-9H2,1-2H3,(H,16,20)(H,18,19). The SMILES string of the molecule is CC1CC(C)CN(C(=O)NC2CCC(C(=O)O)CC2)C1. The molecule has 1 heterocycles.